The van der Waals surface area contributed by atoms with Gasteiger partial charge >= 0.3 is 0 Å². The Hall–Kier alpha value is -5.08. The summed E-state index contributed by atoms with van der Waals surface area (Å²) >= 11 is 0. The molecule has 0 aliphatic carbocycles. The average molecular weight is 488 g/mol. The number of benzene rings is 6. The molecule has 38 heavy (non-hydrogen) atoms. The first-order valence-electron chi connectivity index (χ1n) is 12.9. The minimum Gasteiger partial charge on any atom is -0.456 e. The zero-order valence-electron chi connectivity index (χ0n) is 20.8. The minimum atomic E-state index is 0.865. The standard InChI is InChI=1S/C36H25NO/c1-2-11-26(12-3-1)28-16-8-18-31(23-28)37(34-21-10-15-27-13-4-6-20-33(27)34)32-19-9-17-29(24-32)36-25-30-14-5-7-22-35(30)38-36/h1-25H. The molecule has 180 valence electrons. The molecule has 0 radical (unpaired) electrons. The van der Waals surface area contributed by atoms with Crippen molar-refractivity contribution in [3.8, 4) is 22.5 Å². The summed E-state index contributed by atoms with van der Waals surface area (Å²) in [4.78, 5) is 2.35. The second kappa shape index (κ2) is 9.42. The van der Waals surface area contributed by atoms with Crippen molar-refractivity contribution in [1.29, 1.82) is 0 Å². The molecule has 0 spiro atoms. The van der Waals surface area contributed by atoms with Crippen LogP contribution in [0.25, 0.3) is 44.2 Å². The fourth-order valence-electron chi connectivity index (χ4n) is 5.21. The third kappa shape index (κ3) is 4.03. The number of furan rings is 1. The van der Waals surface area contributed by atoms with E-state index < -0.39 is 0 Å². The fourth-order valence-corrected chi connectivity index (χ4v) is 5.21. The molecule has 0 aliphatic heterocycles. The molecule has 1 heterocycles. The molecular formula is C36H25NO. The molecule has 7 rings (SSSR count). The van der Waals surface area contributed by atoms with Crippen LogP contribution in [0.2, 0.25) is 0 Å². The van der Waals surface area contributed by atoms with Gasteiger partial charge in [0.15, 0.2) is 0 Å². The molecule has 0 atom stereocenters. The van der Waals surface area contributed by atoms with Crippen LogP contribution < -0.4 is 4.90 Å². The number of hydrogen-bond acceptors (Lipinski definition) is 2. The lowest BCUT2D eigenvalue weighted by Crippen LogP contribution is -2.10. The van der Waals surface area contributed by atoms with Crippen molar-refractivity contribution in [3.05, 3.63) is 152 Å². The van der Waals surface area contributed by atoms with E-state index >= 15 is 0 Å². The maximum atomic E-state index is 6.23. The van der Waals surface area contributed by atoms with E-state index in [1.165, 1.54) is 21.9 Å². The molecule has 7 aromatic rings. The highest BCUT2D eigenvalue weighted by atomic mass is 16.3. The monoisotopic (exact) mass is 487 g/mol. The van der Waals surface area contributed by atoms with E-state index in [9.17, 15) is 0 Å². The number of fused-ring (bicyclic) bond motifs is 2. The number of rotatable bonds is 5. The third-order valence-corrected chi connectivity index (χ3v) is 7.03. The van der Waals surface area contributed by atoms with Crippen LogP contribution in [0.1, 0.15) is 0 Å². The van der Waals surface area contributed by atoms with Crippen LogP contribution in [0, 0.1) is 0 Å². The summed E-state index contributed by atoms with van der Waals surface area (Å²) < 4.78 is 6.23. The average Bonchev–Trinajstić information content (AvgIpc) is 3.43. The topological polar surface area (TPSA) is 16.4 Å². The first-order valence-corrected chi connectivity index (χ1v) is 12.9. The summed E-state index contributed by atoms with van der Waals surface area (Å²) in [6.07, 6.45) is 0. The Kier molecular flexibility index (Phi) is 5.49. The van der Waals surface area contributed by atoms with Gasteiger partial charge in [-0.3, -0.25) is 0 Å². The lowest BCUT2D eigenvalue weighted by molar-refractivity contribution is 0.631. The van der Waals surface area contributed by atoms with Crippen molar-refractivity contribution < 1.29 is 4.42 Å². The molecule has 1 aromatic heterocycles. The Labute approximate surface area is 222 Å². The van der Waals surface area contributed by atoms with Gasteiger partial charge in [-0.25, -0.2) is 0 Å². The van der Waals surface area contributed by atoms with Crippen LogP contribution in [-0.4, -0.2) is 0 Å². The van der Waals surface area contributed by atoms with Crippen LogP contribution in [0.3, 0.4) is 0 Å². The molecule has 6 aromatic carbocycles. The summed E-state index contributed by atoms with van der Waals surface area (Å²) in [5.41, 5.74) is 7.63. The summed E-state index contributed by atoms with van der Waals surface area (Å²) in [7, 11) is 0. The van der Waals surface area contributed by atoms with Gasteiger partial charge in [0, 0.05) is 27.7 Å². The molecule has 2 heteroatoms. The van der Waals surface area contributed by atoms with Gasteiger partial charge in [-0.05, 0) is 59.0 Å². The SMILES string of the molecule is c1ccc(-c2cccc(N(c3cccc(-c4cc5ccccc5o4)c3)c3cccc4ccccc34)c2)cc1. The van der Waals surface area contributed by atoms with Crippen molar-refractivity contribution in [2.75, 3.05) is 4.90 Å². The smallest absolute Gasteiger partial charge is 0.135 e. The maximum Gasteiger partial charge on any atom is 0.135 e. The van der Waals surface area contributed by atoms with Crippen molar-refractivity contribution >= 4 is 38.8 Å². The van der Waals surface area contributed by atoms with E-state index in [0.29, 0.717) is 0 Å². The first-order chi connectivity index (χ1) is 18.8. The van der Waals surface area contributed by atoms with Crippen LogP contribution in [0.5, 0.6) is 0 Å². The van der Waals surface area contributed by atoms with Gasteiger partial charge in [-0.1, -0.05) is 109 Å². The highest BCUT2D eigenvalue weighted by Gasteiger charge is 2.17. The summed E-state index contributed by atoms with van der Waals surface area (Å²) in [6.45, 7) is 0. The van der Waals surface area contributed by atoms with E-state index in [1.54, 1.807) is 0 Å². The van der Waals surface area contributed by atoms with Gasteiger partial charge < -0.3 is 9.32 Å². The highest BCUT2D eigenvalue weighted by Crippen LogP contribution is 2.41. The highest BCUT2D eigenvalue weighted by molar-refractivity contribution is 5.99. The third-order valence-electron chi connectivity index (χ3n) is 7.03. The van der Waals surface area contributed by atoms with E-state index in [4.69, 9.17) is 4.42 Å². The molecule has 0 fully saturated rings. The van der Waals surface area contributed by atoms with Crippen molar-refractivity contribution in [3.63, 3.8) is 0 Å². The second-order valence-corrected chi connectivity index (χ2v) is 9.45. The minimum absolute atomic E-state index is 0.865. The Morgan fingerprint density at radius 2 is 1.03 bits per heavy atom. The number of nitrogens with zero attached hydrogens (tertiary/aromatic N) is 1. The largest absolute Gasteiger partial charge is 0.456 e. The van der Waals surface area contributed by atoms with Crippen molar-refractivity contribution in [2.24, 2.45) is 0 Å². The van der Waals surface area contributed by atoms with Gasteiger partial charge in [0.05, 0.1) is 5.69 Å². The molecular weight excluding hydrogens is 462 g/mol. The number of anilines is 3. The molecule has 0 aliphatic rings. The van der Waals surface area contributed by atoms with Crippen LogP contribution in [-0.2, 0) is 0 Å². The van der Waals surface area contributed by atoms with E-state index in [1.807, 2.05) is 18.2 Å². The molecule has 0 bridgehead atoms. The van der Waals surface area contributed by atoms with Crippen molar-refractivity contribution in [1.82, 2.24) is 0 Å². The van der Waals surface area contributed by atoms with Crippen molar-refractivity contribution in [2.45, 2.75) is 0 Å². The molecule has 0 amide bonds. The molecule has 0 saturated carbocycles. The maximum absolute atomic E-state index is 6.23. The van der Waals surface area contributed by atoms with Crippen LogP contribution >= 0.6 is 0 Å². The van der Waals surface area contributed by atoms with Gasteiger partial charge in [-0.15, -0.1) is 0 Å². The zero-order chi connectivity index (χ0) is 25.3. The van der Waals surface area contributed by atoms with Gasteiger partial charge in [0.2, 0.25) is 0 Å². The van der Waals surface area contributed by atoms with E-state index in [2.05, 4.69) is 138 Å². The Bertz CT molecular complexity index is 1840. The predicted molar refractivity (Wildman–Crippen MR) is 159 cm³/mol. The van der Waals surface area contributed by atoms with Gasteiger partial charge in [0.25, 0.3) is 0 Å². The fraction of sp³-hybridized carbons (Fsp3) is 0. The number of para-hydroxylation sites is 1. The molecule has 0 N–H and O–H groups in total. The second-order valence-electron chi connectivity index (χ2n) is 9.45. The van der Waals surface area contributed by atoms with Crippen LogP contribution in [0.15, 0.2) is 156 Å². The predicted octanol–water partition coefficient (Wildman–Crippen LogP) is 10.4. The Morgan fingerprint density at radius 1 is 0.421 bits per heavy atom. The van der Waals surface area contributed by atoms with Gasteiger partial charge in [0.1, 0.15) is 11.3 Å². The van der Waals surface area contributed by atoms with Crippen LogP contribution in [0.4, 0.5) is 17.1 Å². The summed E-state index contributed by atoms with van der Waals surface area (Å²) in [5.74, 6) is 0.865. The molecule has 0 saturated heterocycles. The summed E-state index contributed by atoms with van der Waals surface area (Å²) in [6, 6.07) is 53.2. The summed E-state index contributed by atoms with van der Waals surface area (Å²) in [5, 5.41) is 3.52. The molecule has 0 unspecified atom stereocenters. The van der Waals surface area contributed by atoms with E-state index in [-0.39, 0.29) is 0 Å². The van der Waals surface area contributed by atoms with E-state index in [0.717, 1.165) is 39.4 Å². The normalized spacial score (nSPS) is 11.2. The Morgan fingerprint density at radius 3 is 1.84 bits per heavy atom. The Balaban J connectivity index is 1.42. The first kappa shape index (κ1) is 22.1. The zero-order valence-corrected chi connectivity index (χ0v) is 20.8. The lowest BCUT2D eigenvalue weighted by Gasteiger charge is -2.27. The molecule has 2 nitrogen and oxygen atoms in total. The lowest BCUT2D eigenvalue weighted by atomic mass is 10.0. The number of hydrogen-bond donors (Lipinski definition) is 0. The van der Waals surface area contributed by atoms with Gasteiger partial charge in [-0.2, -0.15) is 0 Å². The quantitative estimate of drug-likeness (QED) is 0.240.